The van der Waals surface area contributed by atoms with E-state index in [1.54, 1.807) is 0 Å². The van der Waals surface area contributed by atoms with Gasteiger partial charge in [-0.25, -0.2) is 0 Å². The van der Waals surface area contributed by atoms with Gasteiger partial charge < -0.3 is 5.11 Å². The fourth-order valence-electron chi connectivity index (χ4n) is 1.21. The van der Waals surface area contributed by atoms with Crippen LogP contribution in [0.4, 0.5) is 0 Å². The minimum absolute atomic E-state index is 0.359. The highest BCUT2D eigenvalue weighted by atomic mass is 79.9. The van der Waals surface area contributed by atoms with Crippen molar-refractivity contribution in [3.05, 3.63) is 0 Å². The number of hydrogen-bond donors (Lipinski definition) is 1. The molecule has 12 heavy (non-hydrogen) atoms. The molecule has 0 aliphatic rings. The Labute approximate surface area is 84.7 Å². The van der Waals surface area contributed by atoms with E-state index in [2.05, 4.69) is 22.9 Å². The number of aliphatic hydroxyl groups excluding tert-OH is 1. The Balaban J connectivity index is 2.90. The quantitative estimate of drug-likeness (QED) is 0.507. The van der Waals surface area contributed by atoms with Gasteiger partial charge in [0, 0.05) is 11.9 Å². The van der Waals surface area contributed by atoms with Crippen LogP contribution in [0.25, 0.3) is 0 Å². The number of rotatable bonds is 8. The largest absolute Gasteiger partial charge is 0.396 e. The molecule has 0 spiro atoms. The third-order valence-corrected chi connectivity index (χ3v) is 3.22. The number of unbranched alkanes of at least 4 members (excludes halogenated alkanes) is 4. The van der Waals surface area contributed by atoms with Crippen molar-refractivity contribution in [1.29, 1.82) is 0 Å². The number of alkyl halides is 1. The maximum absolute atomic E-state index is 8.54. The van der Waals surface area contributed by atoms with E-state index in [0.29, 0.717) is 6.61 Å². The maximum Gasteiger partial charge on any atom is 0.0431 e. The van der Waals surface area contributed by atoms with Gasteiger partial charge in [0.25, 0.3) is 0 Å². The average molecular weight is 237 g/mol. The highest BCUT2D eigenvalue weighted by molar-refractivity contribution is 9.09. The summed E-state index contributed by atoms with van der Waals surface area (Å²) in [5.41, 5.74) is 0. The molecule has 74 valence electrons. The smallest absolute Gasteiger partial charge is 0.0431 e. The van der Waals surface area contributed by atoms with Gasteiger partial charge in [0.2, 0.25) is 0 Å². The molecule has 2 heteroatoms. The third-order valence-electron chi connectivity index (χ3n) is 2.12. The highest BCUT2D eigenvalue weighted by Gasteiger charge is 1.98. The Morgan fingerprint density at radius 1 is 1.08 bits per heavy atom. The van der Waals surface area contributed by atoms with E-state index >= 15 is 0 Å². The van der Waals surface area contributed by atoms with Crippen molar-refractivity contribution in [2.24, 2.45) is 5.92 Å². The molecule has 1 nitrogen and oxygen atoms in total. The maximum atomic E-state index is 8.54. The summed E-state index contributed by atoms with van der Waals surface area (Å²) in [5.74, 6) is 0.822. The predicted octanol–water partition coefficient (Wildman–Crippen LogP) is 3.35. The van der Waals surface area contributed by atoms with E-state index in [0.717, 1.165) is 17.7 Å². The van der Waals surface area contributed by atoms with E-state index in [1.807, 2.05) is 0 Å². The van der Waals surface area contributed by atoms with Crippen molar-refractivity contribution in [2.45, 2.75) is 45.4 Å². The number of aliphatic hydroxyl groups is 1. The van der Waals surface area contributed by atoms with E-state index in [1.165, 1.54) is 32.1 Å². The van der Waals surface area contributed by atoms with Crippen molar-refractivity contribution in [3.63, 3.8) is 0 Å². The van der Waals surface area contributed by atoms with Crippen LogP contribution in [-0.4, -0.2) is 17.0 Å². The van der Waals surface area contributed by atoms with Gasteiger partial charge in [-0.2, -0.15) is 0 Å². The molecule has 0 saturated carbocycles. The first-order valence-corrected chi connectivity index (χ1v) is 6.10. The van der Waals surface area contributed by atoms with E-state index in [9.17, 15) is 0 Å². The SMILES string of the molecule is C[C@@H](CBr)CCCCCCCO. The van der Waals surface area contributed by atoms with E-state index in [4.69, 9.17) is 5.11 Å². The molecule has 0 amide bonds. The van der Waals surface area contributed by atoms with Crippen molar-refractivity contribution in [3.8, 4) is 0 Å². The van der Waals surface area contributed by atoms with Crippen LogP contribution >= 0.6 is 15.9 Å². The van der Waals surface area contributed by atoms with Crippen LogP contribution in [0.15, 0.2) is 0 Å². The zero-order valence-electron chi connectivity index (χ0n) is 8.06. The second kappa shape index (κ2) is 9.53. The van der Waals surface area contributed by atoms with Crippen molar-refractivity contribution in [2.75, 3.05) is 11.9 Å². The molecule has 0 bridgehead atoms. The van der Waals surface area contributed by atoms with Gasteiger partial charge in [-0.1, -0.05) is 48.5 Å². The molecule has 0 rings (SSSR count). The monoisotopic (exact) mass is 236 g/mol. The van der Waals surface area contributed by atoms with E-state index in [-0.39, 0.29) is 0 Å². The third kappa shape index (κ3) is 8.54. The van der Waals surface area contributed by atoms with Gasteiger partial charge in [0.15, 0.2) is 0 Å². The van der Waals surface area contributed by atoms with E-state index < -0.39 is 0 Å². The van der Waals surface area contributed by atoms with Gasteiger partial charge in [0.1, 0.15) is 0 Å². The molecule has 0 aromatic heterocycles. The highest BCUT2D eigenvalue weighted by Crippen LogP contribution is 2.12. The molecule has 1 N–H and O–H groups in total. The molecule has 0 aromatic carbocycles. The number of hydrogen-bond acceptors (Lipinski definition) is 1. The molecular formula is C10H21BrO. The molecule has 0 radical (unpaired) electrons. The molecule has 0 saturated heterocycles. The summed E-state index contributed by atoms with van der Waals surface area (Å²) in [6.07, 6.45) is 7.47. The zero-order valence-corrected chi connectivity index (χ0v) is 9.65. The molecular weight excluding hydrogens is 216 g/mol. The summed E-state index contributed by atoms with van der Waals surface area (Å²) < 4.78 is 0. The number of halogens is 1. The van der Waals surface area contributed by atoms with Crippen LogP contribution in [0, 0.1) is 5.92 Å². The van der Waals surface area contributed by atoms with Gasteiger partial charge in [-0.3, -0.25) is 0 Å². The first-order valence-electron chi connectivity index (χ1n) is 4.98. The first kappa shape index (κ1) is 12.4. The molecule has 0 aliphatic heterocycles. The van der Waals surface area contributed by atoms with Gasteiger partial charge in [0.05, 0.1) is 0 Å². The summed E-state index contributed by atoms with van der Waals surface area (Å²) in [4.78, 5) is 0. The summed E-state index contributed by atoms with van der Waals surface area (Å²) in [7, 11) is 0. The lowest BCUT2D eigenvalue weighted by molar-refractivity contribution is 0.282. The minimum atomic E-state index is 0.359. The molecule has 1 atom stereocenters. The fraction of sp³-hybridized carbons (Fsp3) is 1.00. The first-order chi connectivity index (χ1) is 5.81. The predicted molar refractivity (Wildman–Crippen MR) is 57.7 cm³/mol. The Kier molecular flexibility index (Phi) is 9.88. The second-order valence-electron chi connectivity index (χ2n) is 3.54. The fourth-order valence-corrected chi connectivity index (χ4v) is 1.54. The molecule has 0 unspecified atom stereocenters. The lowest BCUT2D eigenvalue weighted by atomic mass is 10.0. The second-order valence-corrected chi connectivity index (χ2v) is 4.19. The van der Waals surface area contributed by atoms with Crippen molar-refractivity contribution in [1.82, 2.24) is 0 Å². The Hall–Kier alpha value is 0.440. The molecule has 0 fully saturated rings. The van der Waals surface area contributed by atoms with Crippen LogP contribution in [0.2, 0.25) is 0 Å². The average Bonchev–Trinajstić information content (AvgIpc) is 2.10. The van der Waals surface area contributed by atoms with Crippen molar-refractivity contribution < 1.29 is 5.11 Å². The summed E-state index contributed by atoms with van der Waals surface area (Å²) in [5, 5.41) is 9.67. The topological polar surface area (TPSA) is 20.2 Å². The molecule has 0 aromatic rings. The normalized spacial score (nSPS) is 13.2. The Bertz CT molecular complexity index is 85.9. The lowest BCUT2D eigenvalue weighted by Crippen LogP contribution is -1.95. The summed E-state index contributed by atoms with van der Waals surface area (Å²) in [6.45, 7) is 2.64. The lowest BCUT2D eigenvalue weighted by Gasteiger charge is -2.06. The van der Waals surface area contributed by atoms with Crippen LogP contribution in [0.1, 0.15) is 45.4 Å². The molecule has 0 heterocycles. The Morgan fingerprint density at radius 3 is 2.25 bits per heavy atom. The van der Waals surface area contributed by atoms with Gasteiger partial charge >= 0.3 is 0 Å². The van der Waals surface area contributed by atoms with Crippen molar-refractivity contribution >= 4 is 15.9 Å². The van der Waals surface area contributed by atoms with Gasteiger partial charge in [-0.15, -0.1) is 0 Å². The van der Waals surface area contributed by atoms with Crippen LogP contribution in [0.5, 0.6) is 0 Å². The summed E-state index contributed by atoms with van der Waals surface area (Å²) >= 11 is 3.48. The standard InChI is InChI=1S/C10H21BrO/c1-10(9-11)7-5-3-2-4-6-8-12/h10,12H,2-9H2,1H3/t10-/m1/s1. The van der Waals surface area contributed by atoms with Crippen LogP contribution < -0.4 is 0 Å². The molecule has 0 aliphatic carbocycles. The summed E-state index contributed by atoms with van der Waals surface area (Å²) in [6, 6.07) is 0. The minimum Gasteiger partial charge on any atom is -0.396 e. The zero-order chi connectivity index (χ0) is 9.23. The van der Waals surface area contributed by atoms with Gasteiger partial charge in [-0.05, 0) is 18.8 Å². The van der Waals surface area contributed by atoms with Crippen LogP contribution in [0.3, 0.4) is 0 Å². The Morgan fingerprint density at radius 2 is 1.67 bits per heavy atom. The van der Waals surface area contributed by atoms with Crippen LogP contribution in [-0.2, 0) is 0 Å².